The van der Waals surface area contributed by atoms with Gasteiger partial charge in [-0.25, -0.2) is 9.78 Å². The Morgan fingerprint density at radius 3 is 2.85 bits per heavy atom. The van der Waals surface area contributed by atoms with Gasteiger partial charge in [-0.2, -0.15) is 0 Å². The summed E-state index contributed by atoms with van der Waals surface area (Å²) in [5.74, 6) is -0.865. The van der Waals surface area contributed by atoms with Crippen LogP contribution >= 0.6 is 11.3 Å². The Morgan fingerprint density at radius 1 is 1.45 bits per heavy atom. The van der Waals surface area contributed by atoms with E-state index in [0.717, 1.165) is 17.8 Å². The monoisotopic (exact) mass is 290 g/mol. The number of aromatic carboxylic acids is 1. The van der Waals surface area contributed by atoms with Gasteiger partial charge >= 0.3 is 5.97 Å². The fourth-order valence-electron chi connectivity index (χ4n) is 2.09. The summed E-state index contributed by atoms with van der Waals surface area (Å²) >= 11 is 1.59. The van der Waals surface area contributed by atoms with Crippen molar-refractivity contribution < 1.29 is 9.90 Å². The number of hydrogen-bond donors (Lipinski definition) is 1. The second-order valence-corrected chi connectivity index (χ2v) is 5.50. The minimum atomic E-state index is -0.865. The predicted octanol–water partition coefficient (Wildman–Crippen LogP) is 3.08. The largest absolute Gasteiger partial charge is 0.478 e. The maximum absolute atomic E-state index is 11.2. The topological polar surface area (TPSA) is 53.4 Å². The van der Waals surface area contributed by atoms with Crippen molar-refractivity contribution in [2.75, 3.05) is 13.6 Å². The average molecular weight is 290 g/mol. The number of carboxylic acid groups (broad SMARTS) is 1. The molecule has 0 radical (unpaired) electrons. The zero-order valence-electron chi connectivity index (χ0n) is 11.6. The van der Waals surface area contributed by atoms with Gasteiger partial charge in [-0.1, -0.05) is 18.2 Å². The molecule has 0 spiro atoms. The Bertz CT molecular complexity index is 569. The molecule has 2 rings (SSSR count). The van der Waals surface area contributed by atoms with Crippen molar-refractivity contribution in [1.82, 2.24) is 9.88 Å². The van der Waals surface area contributed by atoms with Crippen LogP contribution in [0, 0.1) is 0 Å². The van der Waals surface area contributed by atoms with Crippen LogP contribution in [0.4, 0.5) is 0 Å². The third-order valence-electron chi connectivity index (χ3n) is 3.52. The minimum Gasteiger partial charge on any atom is -0.478 e. The lowest BCUT2D eigenvalue weighted by atomic mass is 10.0. The fourth-order valence-corrected chi connectivity index (χ4v) is 2.73. The number of carbonyl (C=O) groups is 1. The van der Waals surface area contributed by atoms with Crippen LogP contribution in [0.1, 0.15) is 34.6 Å². The standard InChI is InChI=1S/C15H18N2O2S/c1-11(14-9-20-10-16-14)17(2)8-7-12-5-3-4-6-13(12)15(18)19/h3-6,9-11H,7-8H2,1-2H3,(H,18,19). The zero-order chi connectivity index (χ0) is 14.5. The molecule has 0 saturated carbocycles. The number of rotatable bonds is 6. The van der Waals surface area contributed by atoms with Gasteiger partial charge in [0, 0.05) is 18.0 Å². The van der Waals surface area contributed by atoms with Gasteiger partial charge in [0.2, 0.25) is 0 Å². The van der Waals surface area contributed by atoms with Gasteiger partial charge < -0.3 is 5.11 Å². The highest BCUT2D eigenvalue weighted by Gasteiger charge is 2.15. The molecular formula is C15H18N2O2S. The molecule has 0 fully saturated rings. The highest BCUT2D eigenvalue weighted by Crippen LogP contribution is 2.19. The summed E-state index contributed by atoms with van der Waals surface area (Å²) in [6.45, 7) is 2.90. The van der Waals surface area contributed by atoms with Gasteiger partial charge in [0.05, 0.1) is 16.8 Å². The van der Waals surface area contributed by atoms with E-state index in [1.165, 1.54) is 0 Å². The van der Waals surface area contributed by atoms with Crippen LogP contribution in [-0.2, 0) is 6.42 Å². The zero-order valence-corrected chi connectivity index (χ0v) is 12.4. The first-order valence-electron chi connectivity index (χ1n) is 6.49. The molecule has 0 amide bonds. The normalized spacial score (nSPS) is 12.6. The lowest BCUT2D eigenvalue weighted by Gasteiger charge is -2.23. The number of likely N-dealkylation sites (N-methyl/N-ethyl adjacent to an activating group) is 1. The fraction of sp³-hybridized carbons (Fsp3) is 0.333. The van der Waals surface area contributed by atoms with Crippen molar-refractivity contribution >= 4 is 17.3 Å². The van der Waals surface area contributed by atoms with E-state index >= 15 is 0 Å². The molecule has 0 aliphatic rings. The summed E-state index contributed by atoms with van der Waals surface area (Å²) in [7, 11) is 2.04. The molecular weight excluding hydrogens is 272 g/mol. The van der Waals surface area contributed by atoms with Crippen LogP contribution in [0.25, 0.3) is 0 Å². The molecule has 0 aliphatic heterocycles. The van der Waals surface area contributed by atoms with Crippen LogP contribution in [0.3, 0.4) is 0 Å². The second kappa shape index (κ2) is 6.63. The van der Waals surface area contributed by atoms with Crippen molar-refractivity contribution in [2.45, 2.75) is 19.4 Å². The van der Waals surface area contributed by atoms with Gasteiger partial charge in [-0.05, 0) is 32.0 Å². The molecule has 0 aliphatic carbocycles. The van der Waals surface area contributed by atoms with Gasteiger partial charge in [0.15, 0.2) is 0 Å². The molecule has 106 valence electrons. The van der Waals surface area contributed by atoms with Gasteiger partial charge in [-0.15, -0.1) is 11.3 Å². The number of nitrogens with zero attached hydrogens (tertiary/aromatic N) is 2. The summed E-state index contributed by atoms with van der Waals surface area (Å²) in [5.41, 5.74) is 4.16. The lowest BCUT2D eigenvalue weighted by Crippen LogP contribution is -2.25. The summed E-state index contributed by atoms with van der Waals surface area (Å²) in [4.78, 5) is 17.7. The van der Waals surface area contributed by atoms with E-state index in [1.54, 1.807) is 23.5 Å². The molecule has 1 aromatic carbocycles. The number of hydrogen-bond acceptors (Lipinski definition) is 4. The molecule has 2 aromatic rings. The van der Waals surface area contributed by atoms with E-state index in [-0.39, 0.29) is 6.04 Å². The second-order valence-electron chi connectivity index (χ2n) is 4.78. The first-order chi connectivity index (χ1) is 9.59. The molecule has 4 nitrogen and oxygen atoms in total. The third-order valence-corrected chi connectivity index (χ3v) is 4.13. The summed E-state index contributed by atoms with van der Waals surface area (Å²) in [6, 6.07) is 7.41. The van der Waals surface area contributed by atoms with Crippen LogP contribution in [0.5, 0.6) is 0 Å². The Labute approximate surface area is 122 Å². The average Bonchev–Trinajstić information content (AvgIpc) is 2.98. The first-order valence-corrected chi connectivity index (χ1v) is 7.43. The number of carboxylic acids is 1. The number of thiazole rings is 1. The molecule has 1 N–H and O–H groups in total. The van der Waals surface area contributed by atoms with Crippen LogP contribution < -0.4 is 0 Å². The van der Waals surface area contributed by atoms with Gasteiger partial charge in [0.1, 0.15) is 0 Å². The highest BCUT2D eigenvalue weighted by molar-refractivity contribution is 7.07. The maximum Gasteiger partial charge on any atom is 0.335 e. The number of aromatic nitrogens is 1. The maximum atomic E-state index is 11.2. The van der Waals surface area contributed by atoms with Crippen molar-refractivity contribution in [3.8, 4) is 0 Å². The van der Waals surface area contributed by atoms with Crippen LogP contribution in [-0.4, -0.2) is 34.6 Å². The Morgan fingerprint density at radius 2 is 2.20 bits per heavy atom. The van der Waals surface area contributed by atoms with Gasteiger partial charge in [-0.3, -0.25) is 4.90 Å². The Balaban J connectivity index is 2.00. The minimum absolute atomic E-state index is 0.234. The van der Waals surface area contributed by atoms with E-state index in [9.17, 15) is 4.79 Å². The molecule has 1 unspecified atom stereocenters. The van der Waals surface area contributed by atoms with Crippen molar-refractivity contribution in [3.63, 3.8) is 0 Å². The molecule has 0 bridgehead atoms. The van der Waals surface area contributed by atoms with E-state index in [4.69, 9.17) is 5.11 Å². The van der Waals surface area contributed by atoms with Gasteiger partial charge in [0.25, 0.3) is 0 Å². The molecule has 5 heteroatoms. The van der Waals surface area contributed by atoms with Crippen molar-refractivity contribution in [3.05, 3.63) is 52.0 Å². The quantitative estimate of drug-likeness (QED) is 0.888. The van der Waals surface area contributed by atoms with E-state index < -0.39 is 5.97 Å². The Kier molecular flexibility index (Phi) is 4.87. The summed E-state index contributed by atoms with van der Waals surface area (Å²) in [6.07, 6.45) is 0.716. The van der Waals surface area contributed by atoms with Crippen molar-refractivity contribution in [1.29, 1.82) is 0 Å². The third kappa shape index (κ3) is 3.43. The lowest BCUT2D eigenvalue weighted by molar-refractivity contribution is 0.0695. The van der Waals surface area contributed by atoms with Crippen LogP contribution in [0.2, 0.25) is 0 Å². The smallest absolute Gasteiger partial charge is 0.335 e. The molecule has 0 saturated heterocycles. The SMILES string of the molecule is CC(c1cscn1)N(C)CCc1ccccc1C(=O)O. The van der Waals surface area contributed by atoms with E-state index in [0.29, 0.717) is 12.0 Å². The highest BCUT2D eigenvalue weighted by atomic mass is 32.1. The van der Waals surface area contributed by atoms with Crippen LogP contribution in [0.15, 0.2) is 35.2 Å². The summed E-state index contributed by atoms with van der Waals surface area (Å²) < 4.78 is 0. The molecule has 20 heavy (non-hydrogen) atoms. The van der Waals surface area contributed by atoms with Crippen molar-refractivity contribution in [2.24, 2.45) is 0 Å². The first kappa shape index (κ1) is 14.7. The van der Waals surface area contributed by atoms with E-state index in [1.807, 2.05) is 30.1 Å². The molecule has 1 heterocycles. The Hall–Kier alpha value is -1.72. The molecule has 1 atom stereocenters. The van der Waals surface area contributed by atoms with E-state index in [2.05, 4.69) is 16.8 Å². The predicted molar refractivity (Wildman–Crippen MR) is 80.3 cm³/mol. The molecule has 1 aromatic heterocycles. The summed E-state index contributed by atoms with van der Waals surface area (Å²) in [5, 5.41) is 11.2. The number of benzene rings is 1.